The molecule has 132 valence electrons. The van der Waals surface area contributed by atoms with Crippen LogP contribution in [0.2, 0.25) is 5.28 Å². The summed E-state index contributed by atoms with van der Waals surface area (Å²) in [5.74, 6) is 1.89. The van der Waals surface area contributed by atoms with E-state index >= 15 is 0 Å². The van der Waals surface area contributed by atoms with Gasteiger partial charge in [-0.3, -0.25) is 0 Å². The van der Waals surface area contributed by atoms with E-state index in [0.717, 1.165) is 18.7 Å². The molecule has 5 nitrogen and oxygen atoms in total. The van der Waals surface area contributed by atoms with Gasteiger partial charge in [-0.25, -0.2) is 4.98 Å². The van der Waals surface area contributed by atoms with Gasteiger partial charge in [0.2, 0.25) is 5.28 Å². The number of rotatable bonds is 5. The first-order chi connectivity index (χ1) is 12.1. The summed E-state index contributed by atoms with van der Waals surface area (Å²) in [5, 5.41) is 0.213. The average molecular weight is 360 g/mol. The Morgan fingerprint density at radius 3 is 2.76 bits per heavy atom. The highest BCUT2D eigenvalue weighted by Crippen LogP contribution is 2.31. The quantitative estimate of drug-likeness (QED) is 0.581. The van der Waals surface area contributed by atoms with Gasteiger partial charge in [0.1, 0.15) is 11.3 Å². The van der Waals surface area contributed by atoms with Gasteiger partial charge in [-0.15, -0.1) is 0 Å². The van der Waals surface area contributed by atoms with Crippen LogP contribution in [0.5, 0.6) is 0 Å². The highest BCUT2D eigenvalue weighted by atomic mass is 35.5. The molecule has 0 aliphatic carbocycles. The Kier molecular flexibility index (Phi) is 5.56. The molecular formula is C19H22ClN3O2. The Balaban J connectivity index is 2.02. The molecule has 1 fully saturated rings. The van der Waals surface area contributed by atoms with Crippen molar-refractivity contribution >= 4 is 34.1 Å². The minimum atomic E-state index is 0.213. The number of furan rings is 1. The predicted molar refractivity (Wildman–Crippen MR) is 102 cm³/mol. The Bertz CT molecular complexity index is 817. The molecule has 0 saturated carbocycles. The fourth-order valence-electron chi connectivity index (χ4n) is 2.65. The van der Waals surface area contributed by atoms with Crippen LogP contribution in [0.25, 0.3) is 16.7 Å². The van der Waals surface area contributed by atoms with E-state index in [9.17, 15) is 0 Å². The molecule has 0 amide bonds. The zero-order valence-electron chi connectivity index (χ0n) is 14.5. The molecule has 0 unspecified atom stereocenters. The van der Waals surface area contributed by atoms with Gasteiger partial charge >= 0.3 is 0 Å². The fraction of sp³-hybridized carbons (Fsp3) is 0.368. The van der Waals surface area contributed by atoms with Crippen LogP contribution in [0.1, 0.15) is 19.6 Å². The highest BCUT2D eigenvalue weighted by molar-refractivity contribution is 6.28. The van der Waals surface area contributed by atoms with Gasteiger partial charge in [0.25, 0.3) is 0 Å². The topological polar surface area (TPSA) is 51.4 Å². The van der Waals surface area contributed by atoms with E-state index in [1.54, 1.807) is 6.08 Å². The molecule has 6 heteroatoms. The van der Waals surface area contributed by atoms with Crippen molar-refractivity contribution in [1.29, 1.82) is 0 Å². The molecular weight excluding hydrogens is 338 g/mol. The molecule has 0 bridgehead atoms. The van der Waals surface area contributed by atoms with Crippen LogP contribution >= 0.6 is 11.6 Å². The maximum Gasteiger partial charge on any atom is 0.225 e. The zero-order valence-corrected chi connectivity index (χ0v) is 15.3. The van der Waals surface area contributed by atoms with Crippen molar-refractivity contribution in [2.75, 3.05) is 31.2 Å². The molecule has 1 saturated heterocycles. The molecule has 0 N–H and O–H groups in total. The lowest BCUT2D eigenvalue weighted by molar-refractivity contribution is 0.122. The van der Waals surface area contributed by atoms with Gasteiger partial charge in [-0.2, -0.15) is 4.98 Å². The molecule has 0 spiro atoms. The second-order valence-corrected chi connectivity index (χ2v) is 6.53. The second kappa shape index (κ2) is 7.85. The number of ether oxygens (including phenoxy) is 1. The van der Waals surface area contributed by atoms with E-state index < -0.39 is 0 Å². The molecule has 0 radical (unpaired) electrons. The van der Waals surface area contributed by atoms with Crippen LogP contribution in [-0.4, -0.2) is 36.3 Å². The van der Waals surface area contributed by atoms with E-state index in [1.807, 2.05) is 18.2 Å². The molecule has 1 aliphatic rings. The van der Waals surface area contributed by atoms with Gasteiger partial charge < -0.3 is 14.1 Å². The standard InChI is InChI=1S/C19H22ClN3O2/c1-4-14(7-5-6-13(2)3)16-12-15-17(25-16)18(22-19(20)21-15)23-8-10-24-11-9-23/h4-7,12-13H,1,8-11H2,2-3H3/b6-5-,14-7+. The minimum absolute atomic E-state index is 0.213. The number of halogens is 1. The first-order valence-electron chi connectivity index (χ1n) is 8.39. The molecule has 1 aliphatic heterocycles. The SMILES string of the molecule is C=C/C(=C\C=C/C(C)C)c1cc2nc(Cl)nc(N3CCOCC3)c2o1. The molecule has 3 rings (SSSR count). The van der Waals surface area contributed by atoms with E-state index in [4.69, 9.17) is 20.8 Å². The zero-order chi connectivity index (χ0) is 17.8. The van der Waals surface area contributed by atoms with E-state index in [-0.39, 0.29) is 5.28 Å². The first kappa shape index (κ1) is 17.7. The number of fused-ring (bicyclic) bond motifs is 1. The van der Waals surface area contributed by atoms with Gasteiger partial charge in [-0.05, 0) is 17.5 Å². The van der Waals surface area contributed by atoms with Gasteiger partial charge in [-0.1, -0.05) is 44.7 Å². The largest absolute Gasteiger partial charge is 0.450 e. The third-order valence-electron chi connectivity index (χ3n) is 3.91. The van der Waals surface area contributed by atoms with Gasteiger partial charge in [0, 0.05) is 24.7 Å². The van der Waals surface area contributed by atoms with E-state index in [0.29, 0.717) is 41.8 Å². The predicted octanol–water partition coefficient (Wildman–Crippen LogP) is 4.49. The maximum atomic E-state index is 6.12. The van der Waals surface area contributed by atoms with Gasteiger partial charge in [0.15, 0.2) is 11.4 Å². The molecule has 25 heavy (non-hydrogen) atoms. The van der Waals surface area contributed by atoms with Crippen molar-refractivity contribution in [1.82, 2.24) is 9.97 Å². The number of morpholine rings is 1. The number of hydrogen-bond donors (Lipinski definition) is 0. The molecule has 2 aromatic rings. The van der Waals surface area contributed by atoms with Crippen molar-refractivity contribution in [2.45, 2.75) is 13.8 Å². The third-order valence-corrected chi connectivity index (χ3v) is 4.08. The highest BCUT2D eigenvalue weighted by Gasteiger charge is 2.20. The van der Waals surface area contributed by atoms with Crippen molar-refractivity contribution in [3.05, 3.63) is 48.0 Å². The lowest BCUT2D eigenvalue weighted by atomic mass is 10.1. The van der Waals surface area contributed by atoms with Crippen molar-refractivity contribution in [3.63, 3.8) is 0 Å². The summed E-state index contributed by atoms with van der Waals surface area (Å²) in [6, 6.07) is 1.88. The Hall–Kier alpha value is -2.11. The van der Waals surface area contributed by atoms with Crippen molar-refractivity contribution in [2.24, 2.45) is 5.92 Å². The molecule has 0 aromatic carbocycles. The Morgan fingerprint density at radius 2 is 2.08 bits per heavy atom. The first-order valence-corrected chi connectivity index (χ1v) is 8.77. The summed E-state index contributed by atoms with van der Waals surface area (Å²) < 4.78 is 11.5. The van der Waals surface area contributed by atoms with Crippen LogP contribution in [0.3, 0.4) is 0 Å². The summed E-state index contributed by atoms with van der Waals surface area (Å²) >= 11 is 6.12. The number of allylic oxidation sites excluding steroid dienone is 5. The summed E-state index contributed by atoms with van der Waals surface area (Å²) in [6.45, 7) is 11.0. The van der Waals surface area contributed by atoms with Crippen LogP contribution in [-0.2, 0) is 4.74 Å². The Morgan fingerprint density at radius 1 is 1.32 bits per heavy atom. The normalized spacial score (nSPS) is 16.3. The summed E-state index contributed by atoms with van der Waals surface area (Å²) in [4.78, 5) is 10.8. The number of anilines is 1. The smallest absolute Gasteiger partial charge is 0.225 e. The van der Waals surface area contributed by atoms with E-state index in [2.05, 4.69) is 41.4 Å². The summed E-state index contributed by atoms with van der Waals surface area (Å²) in [5.41, 5.74) is 2.22. The van der Waals surface area contributed by atoms with Crippen LogP contribution in [0, 0.1) is 5.92 Å². The lowest BCUT2D eigenvalue weighted by Crippen LogP contribution is -2.36. The van der Waals surface area contributed by atoms with Crippen LogP contribution < -0.4 is 4.90 Å². The van der Waals surface area contributed by atoms with Crippen LogP contribution in [0.4, 0.5) is 5.82 Å². The fourth-order valence-corrected chi connectivity index (χ4v) is 2.82. The monoisotopic (exact) mass is 359 g/mol. The maximum absolute atomic E-state index is 6.12. The van der Waals surface area contributed by atoms with Crippen molar-refractivity contribution in [3.8, 4) is 0 Å². The summed E-state index contributed by atoms with van der Waals surface area (Å²) in [6.07, 6.45) is 7.87. The lowest BCUT2D eigenvalue weighted by Gasteiger charge is -2.27. The molecule has 2 aromatic heterocycles. The number of nitrogens with zero attached hydrogens (tertiary/aromatic N) is 3. The minimum Gasteiger partial charge on any atom is -0.450 e. The van der Waals surface area contributed by atoms with Crippen molar-refractivity contribution < 1.29 is 9.15 Å². The number of aromatic nitrogens is 2. The number of hydrogen-bond acceptors (Lipinski definition) is 5. The van der Waals surface area contributed by atoms with Crippen LogP contribution in [0.15, 0.2) is 41.4 Å². The third kappa shape index (κ3) is 4.11. The Labute approximate surface area is 152 Å². The molecule has 0 atom stereocenters. The second-order valence-electron chi connectivity index (χ2n) is 6.20. The van der Waals surface area contributed by atoms with E-state index in [1.165, 1.54) is 0 Å². The molecule has 3 heterocycles. The average Bonchev–Trinajstić information content (AvgIpc) is 3.02. The van der Waals surface area contributed by atoms with Gasteiger partial charge in [0.05, 0.1) is 13.2 Å². The summed E-state index contributed by atoms with van der Waals surface area (Å²) in [7, 11) is 0.